The van der Waals surface area contributed by atoms with Crippen molar-refractivity contribution in [3.63, 3.8) is 0 Å². The van der Waals surface area contributed by atoms with Gasteiger partial charge in [0.2, 0.25) is 11.8 Å². The van der Waals surface area contributed by atoms with E-state index in [9.17, 15) is 9.59 Å². The average molecular weight is 366 g/mol. The minimum Gasteiger partial charge on any atom is -0.352 e. The zero-order valence-corrected chi connectivity index (χ0v) is 16.0. The Kier molecular flexibility index (Phi) is 7.26. The quantitative estimate of drug-likeness (QED) is 0.781. The number of likely N-dealkylation sites (tertiary alicyclic amines) is 1. The zero-order valence-electron chi connectivity index (χ0n) is 15.2. The summed E-state index contributed by atoms with van der Waals surface area (Å²) in [5.41, 5.74) is 1.03. The van der Waals surface area contributed by atoms with Gasteiger partial charge >= 0.3 is 0 Å². The van der Waals surface area contributed by atoms with Crippen LogP contribution in [0.3, 0.4) is 0 Å². The van der Waals surface area contributed by atoms with Crippen LogP contribution >= 0.6 is 11.6 Å². The summed E-state index contributed by atoms with van der Waals surface area (Å²) in [7, 11) is 0. The number of carbonyl (C=O) groups excluding carboxylic acids is 2. The van der Waals surface area contributed by atoms with Crippen molar-refractivity contribution in [3.05, 3.63) is 34.9 Å². The SMILES string of the molecule is CC(=O)NC(C(=O)NCC(c1ccccc1Cl)N1CCCC1)C(C)C. The second-order valence-corrected chi connectivity index (χ2v) is 7.35. The lowest BCUT2D eigenvalue weighted by Gasteiger charge is -2.30. The average Bonchev–Trinajstić information content (AvgIpc) is 3.08. The lowest BCUT2D eigenvalue weighted by molar-refractivity contribution is -0.129. The second kappa shape index (κ2) is 9.20. The van der Waals surface area contributed by atoms with Gasteiger partial charge in [0.15, 0.2) is 0 Å². The van der Waals surface area contributed by atoms with E-state index in [4.69, 9.17) is 11.6 Å². The summed E-state index contributed by atoms with van der Waals surface area (Å²) in [5.74, 6) is -0.327. The smallest absolute Gasteiger partial charge is 0.242 e. The van der Waals surface area contributed by atoms with Gasteiger partial charge in [-0.05, 0) is 43.5 Å². The third-order valence-corrected chi connectivity index (χ3v) is 4.97. The van der Waals surface area contributed by atoms with Crippen LogP contribution in [0.4, 0.5) is 0 Å². The first-order valence-electron chi connectivity index (χ1n) is 8.93. The lowest BCUT2D eigenvalue weighted by atomic mass is 10.0. The molecule has 1 saturated heterocycles. The minimum absolute atomic E-state index is 0.0226. The molecule has 2 amide bonds. The molecule has 0 aliphatic carbocycles. The topological polar surface area (TPSA) is 61.4 Å². The van der Waals surface area contributed by atoms with E-state index in [0.29, 0.717) is 6.54 Å². The molecule has 1 aromatic rings. The van der Waals surface area contributed by atoms with Gasteiger partial charge in [-0.2, -0.15) is 0 Å². The fraction of sp³-hybridized carbons (Fsp3) is 0.579. The predicted molar refractivity (Wildman–Crippen MR) is 100 cm³/mol. The van der Waals surface area contributed by atoms with Crippen LogP contribution in [0.2, 0.25) is 5.02 Å². The third kappa shape index (κ3) is 5.44. The Labute approximate surface area is 155 Å². The summed E-state index contributed by atoms with van der Waals surface area (Å²) in [6.07, 6.45) is 2.32. The maximum Gasteiger partial charge on any atom is 0.242 e. The number of rotatable bonds is 7. The summed E-state index contributed by atoms with van der Waals surface area (Å²) in [4.78, 5) is 26.3. The normalized spacial score (nSPS) is 17.3. The highest BCUT2D eigenvalue weighted by Gasteiger charge is 2.28. The number of benzene rings is 1. The van der Waals surface area contributed by atoms with Crippen molar-refractivity contribution in [3.8, 4) is 0 Å². The van der Waals surface area contributed by atoms with Crippen molar-refractivity contribution < 1.29 is 9.59 Å². The molecular formula is C19H28ClN3O2. The monoisotopic (exact) mass is 365 g/mol. The van der Waals surface area contributed by atoms with Crippen LogP contribution in [0, 0.1) is 5.92 Å². The maximum atomic E-state index is 12.6. The van der Waals surface area contributed by atoms with E-state index in [1.165, 1.54) is 6.92 Å². The van der Waals surface area contributed by atoms with E-state index in [-0.39, 0.29) is 23.8 Å². The highest BCUT2D eigenvalue weighted by molar-refractivity contribution is 6.31. The van der Waals surface area contributed by atoms with Crippen molar-refractivity contribution in [2.45, 2.75) is 45.7 Å². The number of hydrogen-bond donors (Lipinski definition) is 2. The number of nitrogens with zero attached hydrogens (tertiary/aromatic N) is 1. The summed E-state index contributed by atoms with van der Waals surface area (Å²) >= 11 is 6.40. The number of amides is 2. The van der Waals surface area contributed by atoms with Crippen molar-refractivity contribution >= 4 is 23.4 Å². The molecular weight excluding hydrogens is 338 g/mol. The Hall–Kier alpha value is -1.59. The van der Waals surface area contributed by atoms with E-state index >= 15 is 0 Å². The summed E-state index contributed by atoms with van der Waals surface area (Å²) in [6.45, 7) is 7.76. The van der Waals surface area contributed by atoms with Crippen LogP contribution in [-0.4, -0.2) is 42.4 Å². The molecule has 0 radical (unpaired) electrons. The first kappa shape index (κ1) is 19.7. The lowest BCUT2D eigenvalue weighted by Crippen LogP contribution is -2.50. The molecule has 1 aliphatic rings. The maximum absolute atomic E-state index is 12.6. The van der Waals surface area contributed by atoms with Gasteiger partial charge in [-0.25, -0.2) is 0 Å². The van der Waals surface area contributed by atoms with Crippen LogP contribution in [0.25, 0.3) is 0 Å². The molecule has 0 spiro atoms. The molecule has 5 nitrogen and oxygen atoms in total. The molecule has 2 rings (SSSR count). The van der Waals surface area contributed by atoms with E-state index in [0.717, 1.165) is 36.5 Å². The zero-order chi connectivity index (χ0) is 18.4. The Bertz CT molecular complexity index is 600. The van der Waals surface area contributed by atoms with E-state index in [1.54, 1.807) is 0 Å². The third-order valence-electron chi connectivity index (χ3n) is 4.62. The Morgan fingerprint density at radius 1 is 1.20 bits per heavy atom. The second-order valence-electron chi connectivity index (χ2n) is 6.95. The number of nitrogens with one attached hydrogen (secondary N) is 2. The Morgan fingerprint density at radius 3 is 2.40 bits per heavy atom. The first-order valence-corrected chi connectivity index (χ1v) is 9.31. The summed E-state index contributed by atoms with van der Waals surface area (Å²) in [6, 6.07) is 7.31. The molecule has 25 heavy (non-hydrogen) atoms. The van der Waals surface area contributed by atoms with Gasteiger partial charge in [0.25, 0.3) is 0 Å². The summed E-state index contributed by atoms with van der Waals surface area (Å²) < 4.78 is 0. The molecule has 0 saturated carbocycles. The highest BCUT2D eigenvalue weighted by Crippen LogP contribution is 2.29. The fourth-order valence-electron chi connectivity index (χ4n) is 3.30. The standard InChI is InChI=1S/C19H28ClN3O2/c1-13(2)18(22-14(3)24)19(25)21-12-17(23-10-6-7-11-23)15-8-4-5-9-16(15)20/h4-5,8-9,13,17-18H,6-7,10-12H2,1-3H3,(H,21,25)(H,22,24). The van der Waals surface area contributed by atoms with Gasteiger partial charge in [-0.1, -0.05) is 43.6 Å². The van der Waals surface area contributed by atoms with Gasteiger partial charge in [-0.15, -0.1) is 0 Å². The molecule has 6 heteroatoms. The van der Waals surface area contributed by atoms with Crippen LogP contribution in [-0.2, 0) is 9.59 Å². The Morgan fingerprint density at radius 2 is 1.84 bits per heavy atom. The van der Waals surface area contributed by atoms with E-state index in [1.807, 2.05) is 38.1 Å². The van der Waals surface area contributed by atoms with Gasteiger partial charge in [0, 0.05) is 18.5 Å². The van der Waals surface area contributed by atoms with Crippen molar-refractivity contribution in [2.75, 3.05) is 19.6 Å². The Balaban J connectivity index is 2.10. The molecule has 2 unspecified atom stereocenters. The molecule has 1 fully saturated rings. The highest BCUT2D eigenvalue weighted by atomic mass is 35.5. The summed E-state index contributed by atoms with van der Waals surface area (Å²) in [5, 5.41) is 6.47. The van der Waals surface area contributed by atoms with Crippen molar-refractivity contribution in [2.24, 2.45) is 5.92 Å². The van der Waals surface area contributed by atoms with Gasteiger partial charge in [0.1, 0.15) is 6.04 Å². The number of hydrogen-bond acceptors (Lipinski definition) is 3. The molecule has 1 heterocycles. The molecule has 1 aliphatic heterocycles. The number of carbonyl (C=O) groups is 2. The van der Waals surface area contributed by atoms with Gasteiger partial charge in [0.05, 0.1) is 6.04 Å². The van der Waals surface area contributed by atoms with Crippen LogP contribution in [0.15, 0.2) is 24.3 Å². The molecule has 2 N–H and O–H groups in total. The van der Waals surface area contributed by atoms with Crippen LogP contribution in [0.5, 0.6) is 0 Å². The minimum atomic E-state index is -0.525. The molecule has 2 atom stereocenters. The van der Waals surface area contributed by atoms with Crippen LogP contribution in [0.1, 0.15) is 45.2 Å². The van der Waals surface area contributed by atoms with Crippen LogP contribution < -0.4 is 10.6 Å². The molecule has 0 aromatic heterocycles. The van der Waals surface area contributed by atoms with Gasteiger partial charge < -0.3 is 10.6 Å². The van der Waals surface area contributed by atoms with E-state index < -0.39 is 6.04 Å². The van der Waals surface area contributed by atoms with E-state index in [2.05, 4.69) is 15.5 Å². The molecule has 1 aromatic carbocycles. The first-order chi connectivity index (χ1) is 11.9. The fourth-order valence-corrected chi connectivity index (χ4v) is 3.56. The molecule has 138 valence electrons. The van der Waals surface area contributed by atoms with Crippen molar-refractivity contribution in [1.29, 1.82) is 0 Å². The largest absolute Gasteiger partial charge is 0.352 e. The number of halogens is 1. The van der Waals surface area contributed by atoms with Crippen molar-refractivity contribution in [1.82, 2.24) is 15.5 Å². The molecule has 0 bridgehead atoms. The van der Waals surface area contributed by atoms with Gasteiger partial charge in [-0.3, -0.25) is 14.5 Å². The predicted octanol–water partition coefficient (Wildman–Crippen LogP) is 2.75.